The maximum atomic E-state index is 12.9. The van der Waals surface area contributed by atoms with Gasteiger partial charge in [0.25, 0.3) is 5.56 Å². The van der Waals surface area contributed by atoms with Crippen LogP contribution in [0.2, 0.25) is 0 Å². The number of fused-ring (bicyclic) bond motifs is 1. The van der Waals surface area contributed by atoms with Gasteiger partial charge < -0.3 is 4.90 Å². The normalized spacial score (nSPS) is 18.4. The third kappa shape index (κ3) is 5.52. The van der Waals surface area contributed by atoms with Crippen LogP contribution >= 0.6 is 0 Å². The van der Waals surface area contributed by atoms with Crippen molar-refractivity contribution in [2.24, 2.45) is 0 Å². The van der Waals surface area contributed by atoms with E-state index < -0.39 is 0 Å². The van der Waals surface area contributed by atoms with Gasteiger partial charge in [0, 0.05) is 77.7 Å². The number of hydrogen-bond acceptors (Lipinski definition) is 6. The van der Waals surface area contributed by atoms with E-state index in [1.54, 1.807) is 16.7 Å². The zero-order chi connectivity index (χ0) is 23.3. The molecule has 2 fully saturated rings. The van der Waals surface area contributed by atoms with E-state index in [0.29, 0.717) is 18.7 Å². The van der Waals surface area contributed by atoms with Gasteiger partial charge in [-0.25, -0.2) is 4.98 Å². The fourth-order valence-electron chi connectivity index (χ4n) is 4.81. The van der Waals surface area contributed by atoms with Gasteiger partial charge in [-0.3, -0.25) is 28.7 Å². The van der Waals surface area contributed by atoms with E-state index in [2.05, 4.69) is 50.0 Å². The van der Waals surface area contributed by atoms with E-state index in [9.17, 15) is 9.59 Å². The van der Waals surface area contributed by atoms with Gasteiger partial charge >= 0.3 is 0 Å². The Hall–Kier alpha value is -3.07. The minimum atomic E-state index is -0.0571. The highest BCUT2D eigenvalue weighted by molar-refractivity contribution is 5.78. The molecular formula is C26H32N6O2. The second-order valence-corrected chi connectivity index (χ2v) is 9.21. The lowest BCUT2D eigenvalue weighted by molar-refractivity contribution is -0.134. The van der Waals surface area contributed by atoms with Crippen LogP contribution in [0, 0.1) is 0 Å². The molecule has 34 heavy (non-hydrogen) atoms. The Kier molecular flexibility index (Phi) is 6.99. The molecule has 2 aliphatic heterocycles. The number of pyridine rings is 1. The second kappa shape index (κ2) is 10.5. The average Bonchev–Trinajstić information content (AvgIpc) is 2.86. The number of amides is 1. The first kappa shape index (κ1) is 22.7. The molecule has 0 aliphatic carbocycles. The summed E-state index contributed by atoms with van der Waals surface area (Å²) in [4.78, 5) is 38.8. The quantitative estimate of drug-likeness (QED) is 0.550. The first-order valence-electron chi connectivity index (χ1n) is 12.1. The molecule has 2 aromatic heterocycles. The Labute approximate surface area is 200 Å². The smallest absolute Gasteiger partial charge is 0.258 e. The summed E-state index contributed by atoms with van der Waals surface area (Å²) in [7, 11) is 0. The number of carbonyl (C=O) groups excluding carboxylic acids is 1. The van der Waals surface area contributed by atoms with Crippen LogP contribution in [0.5, 0.6) is 0 Å². The van der Waals surface area contributed by atoms with Crippen molar-refractivity contribution in [1.29, 1.82) is 0 Å². The number of nitrogens with zero attached hydrogens (tertiary/aromatic N) is 6. The van der Waals surface area contributed by atoms with Crippen LogP contribution in [-0.4, -0.2) is 93.8 Å². The molecule has 0 radical (unpaired) electrons. The monoisotopic (exact) mass is 460 g/mol. The molecule has 1 amide bonds. The SMILES string of the molecule is O=C(CN1CCN(Cc2ccccc2)CC1)N1CCN(Cc2cc(=O)n3ccccc3n2)CC1. The van der Waals surface area contributed by atoms with Gasteiger partial charge in [0.1, 0.15) is 5.65 Å². The Morgan fingerprint density at radius 3 is 2.18 bits per heavy atom. The zero-order valence-corrected chi connectivity index (χ0v) is 19.6. The molecule has 2 saturated heterocycles. The molecule has 0 atom stereocenters. The van der Waals surface area contributed by atoms with Crippen LogP contribution in [0.3, 0.4) is 0 Å². The second-order valence-electron chi connectivity index (χ2n) is 9.21. The van der Waals surface area contributed by atoms with Crippen molar-refractivity contribution in [1.82, 2.24) is 29.0 Å². The number of aromatic nitrogens is 2. The summed E-state index contributed by atoms with van der Waals surface area (Å²) in [6.45, 7) is 9.00. The lowest BCUT2D eigenvalue weighted by Gasteiger charge is -2.38. The summed E-state index contributed by atoms with van der Waals surface area (Å²) in [6.07, 6.45) is 1.74. The van der Waals surface area contributed by atoms with E-state index in [1.165, 1.54) is 5.56 Å². The van der Waals surface area contributed by atoms with E-state index in [-0.39, 0.29) is 11.5 Å². The summed E-state index contributed by atoms with van der Waals surface area (Å²) in [5.41, 5.74) is 2.74. The van der Waals surface area contributed by atoms with Crippen LogP contribution in [0.15, 0.2) is 65.6 Å². The molecule has 4 heterocycles. The van der Waals surface area contributed by atoms with E-state index in [1.807, 2.05) is 23.1 Å². The molecule has 5 rings (SSSR count). The molecule has 0 bridgehead atoms. The largest absolute Gasteiger partial charge is 0.339 e. The molecule has 0 unspecified atom stereocenters. The topological polar surface area (TPSA) is 64.4 Å². The van der Waals surface area contributed by atoms with Crippen molar-refractivity contribution < 1.29 is 4.79 Å². The molecular weight excluding hydrogens is 428 g/mol. The van der Waals surface area contributed by atoms with Crippen molar-refractivity contribution in [3.8, 4) is 0 Å². The summed E-state index contributed by atoms with van der Waals surface area (Å²) in [6, 6.07) is 17.7. The molecule has 1 aromatic carbocycles. The number of piperazine rings is 2. The standard InChI is InChI=1S/C26H32N6O2/c33-25-18-23(27-24-8-4-5-9-32(24)25)20-29-14-16-31(17-15-29)26(34)21-30-12-10-28(11-13-30)19-22-6-2-1-3-7-22/h1-9,18H,10-17,19-21H2. The molecule has 8 heteroatoms. The summed E-state index contributed by atoms with van der Waals surface area (Å²) in [5.74, 6) is 0.221. The van der Waals surface area contributed by atoms with E-state index in [4.69, 9.17) is 0 Å². The van der Waals surface area contributed by atoms with Crippen LogP contribution in [0.1, 0.15) is 11.3 Å². The number of carbonyl (C=O) groups is 1. The minimum Gasteiger partial charge on any atom is -0.339 e. The van der Waals surface area contributed by atoms with Crippen molar-refractivity contribution in [2.75, 3.05) is 58.9 Å². The maximum Gasteiger partial charge on any atom is 0.258 e. The van der Waals surface area contributed by atoms with Crippen LogP contribution in [0.25, 0.3) is 5.65 Å². The Morgan fingerprint density at radius 2 is 1.41 bits per heavy atom. The third-order valence-corrected chi connectivity index (χ3v) is 6.81. The fraction of sp³-hybridized carbons (Fsp3) is 0.423. The van der Waals surface area contributed by atoms with Gasteiger partial charge in [-0.05, 0) is 17.7 Å². The number of rotatable bonds is 6. The van der Waals surface area contributed by atoms with Gasteiger partial charge in [0.15, 0.2) is 0 Å². The third-order valence-electron chi connectivity index (χ3n) is 6.81. The van der Waals surface area contributed by atoms with Gasteiger partial charge in [-0.15, -0.1) is 0 Å². The molecule has 178 valence electrons. The summed E-state index contributed by atoms with van der Waals surface area (Å²) in [5, 5.41) is 0. The summed E-state index contributed by atoms with van der Waals surface area (Å²) >= 11 is 0. The fourth-order valence-corrected chi connectivity index (χ4v) is 4.81. The van der Waals surface area contributed by atoms with Gasteiger partial charge in [-0.2, -0.15) is 0 Å². The Balaban J connectivity index is 1.06. The minimum absolute atomic E-state index is 0.0571. The lowest BCUT2D eigenvalue weighted by Crippen LogP contribution is -2.53. The molecule has 0 spiro atoms. The predicted octanol–water partition coefficient (Wildman–Crippen LogP) is 1.16. The lowest BCUT2D eigenvalue weighted by atomic mass is 10.2. The van der Waals surface area contributed by atoms with Gasteiger partial charge in [0.05, 0.1) is 12.2 Å². The molecule has 8 nitrogen and oxygen atoms in total. The van der Waals surface area contributed by atoms with Gasteiger partial charge in [-0.1, -0.05) is 36.4 Å². The number of hydrogen-bond donors (Lipinski definition) is 0. The first-order valence-corrected chi connectivity index (χ1v) is 12.1. The molecule has 3 aromatic rings. The highest BCUT2D eigenvalue weighted by atomic mass is 16.2. The number of benzene rings is 1. The van der Waals surface area contributed by atoms with Crippen molar-refractivity contribution in [3.05, 3.63) is 82.4 Å². The first-order chi connectivity index (χ1) is 16.6. The maximum absolute atomic E-state index is 12.9. The van der Waals surface area contributed by atoms with E-state index >= 15 is 0 Å². The average molecular weight is 461 g/mol. The highest BCUT2D eigenvalue weighted by Crippen LogP contribution is 2.11. The Morgan fingerprint density at radius 1 is 0.765 bits per heavy atom. The van der Waals surface area contributed by atoms with Crippen LogP contribution < -0.4 is 5.56 Å². The zero-order valence-electron chi connectivity index (χ0n) is 19.6. The summed E-state index contributed by atoms with van der Waals surface area (Å²) < 4.78 is 1.56. The van der Waals surface area contributed by atoms with Crippen LogP contribution in [0.4, 0.5) is 0 Å². The Bertz CT molecular complexity index is 1160. The predicted molar refractivity (Wildman–Crippen MR) is 131 cm³/mol. The van der Waals surface area contributed by atoms with Crippen molar-refractivity contribution in [3.63, 3.8) is 0 Å². The van der Waals surface area contributed by atoms with E-state index in [0.717, 1.165) is 64.6 Å². The van der Waals surface area contributed by atoms with Gasteiger partial charge in [0.2, 0.25) is 5.91 Å². The molecule has 2 aliphatic rings. The van der Waals surface area contributed by atoms with Crippen LogP contribution in [-0.2, 0) is 17.9 Å². The van der Waals surface area contributed by atoms with Crippen molar-refractivity contribution >= 4 is 11.6 Å². The molecule has 0 N–H and O–H groups in total. The highest BCUT2D eigenvalue weighted by Gasteiger charge is 2.25. The van der Waals surface area contributed by atoms with Crippen molar-refractivity contribution in [2.45, 2.75) is 13.1 Å². The molecule has 0 saturated carbocycles.